The summed E-state index contributed by atoms with van der Waals surface area (Å²) in [4.78, 5) is 30.7. The lowest BCUT2D eigenvalue weighted by atomic mass is 10.1. The van der Waals surface area contributed by atoms with Gasteiger partial charge in [0, 0.05) is 30.2 Å². The molecule has 1 aliphatic rings. The lowest BCUT2D eigenvalue weighted by molar-refractivity contribution is 0.0666. The highest BCUT2D eigenvalue weighted by Gasteiger charge is 2.29. The molecule has 2 aromatic heterocycles. The second kappa shape index (κ2) is 7.20. The van der Waals surface area contributed by atoms with Gasteiger partial charge >= 0.3 is 0 Å². The molecular formula is C18H17N5O3S. The monoisotopic (exact) mass is 383 g/mol. The molecule has 0 saturated heterocycles. The van der Waals surface area contributed by atoms with E-state index in [9.17, 15) is 14.7 Å². The molecule has 4 rings (SSSR count). The van der Waals surface area contributed by atoms with E-state index >= 15 is 0 Å². The van der Waals surface area contributed by atoms with Gasteiger partial charge in [-0.05, 0) is 24.3 Å². The van der Waals surface area contributed by atoms with Crippen LogP contribution in [-0.4, -0.2) is 49.7 Å². The quantitative estimate of drug-likeness (QED) is 0.714. The van der Waals surface area contributed by atoms with E-state index in [1.807, 2.05) is 10.7 Å². The summed E-state index contributed by atoms with van der Waals surface area (Å²) in [5.41, 5.74) is 3.30. The SMILES string of the molecule is O=C(NCC1CN(C(=O)c2cccc(O)c2)Cc2ccnn21)c1cscn1. The van der Waals surface area contributed by atoms with Crippen molar-refractivity contribution in [2.24, 2.45) is 0 Å². The molecule has 2 N–H and O–H groups in total. The van der Waals surface area contributed by atoms with Gasteiger partial charge in [-0.25, -0.2) is 4.98 Å². The summed E-state index contributed by atoms with van der Waals surface area (Å²) < 4.78 is 1.84. The van der Waals surface area contributed by atoms with Crippen LogP contribution in [0, 0.1) is 0 Å². The second-order valence-electron chi connectivity index (χ2n) is 6.24. The molecule has 1 aromatic carbocycles. The Morgan fingerprint density at radius 2 is 2.22 bits per heavy atom. The molecule has 0 bridgehead atoms. The Balaban J connectivity index is 1.50. The normalized spacial score (nSPS) is 16.0. The molecule has 0 aliphatic carbocycles. The van der Waals surface area contributed by atoms with Crippen LogP contribution in [0.3, 0.4) is 0 Å². The highest BCUT2D eigenvalue weighted by atomic mass is 32.1. The number of nitrogens with zero attached hydrogens (tertiary/aromatic N) is 4. The van der Waals surface area contributed by atoms with E-state index < -0.39 is 0 Å². The third-order valence-electron chi connectivity index (χ3n) is 4.43. The third-order valence-corrected chi connectivity index (χ3v) is 5.01. The van der Waals surface area contributed by atoms with Gasteiger partial charge in [-0.3, -0.25) is 14.3 Å². The summed E-state index contributed by atoms with van der Waals surface area (Å²) >= 11 is 1.36. The number of thiazole rings is 1. The smallest absolute Gasteiger partial charge is 0.270 e. The van der Waals surface area contributed by atoms with Crippen LogP contribution < -0.4 is 5.32 Å². The number of hydrogen-bond donors (Lipinski definition) is 2. The molecular weight excluding hydrogens is 366 g/mol. The number of carbonyl (C=O) groups excluding carboxylic acids is 2. The molecule has 3 heterocycles. The molecule has 2 amide bonds. The Bertz CT molecular complexity index is 969. The summed E-state index contributed by atoms with van der Waals surface area (Å²) in [5.74, 6) is -0.370. The highest BCUT2D eigenvalue weighted by molar-refractivity contribution is 7.07. The second-order valence-corrected chi connectivity index (χ2v) is 6.96. The summed E-state index contributed by atoms with van der Waals surface area (Å²) in [6, 6.07) is 7.96. The van der Waals surface area contributed by atoms with E-state index in [1.165, 1.54) is 23.5 Å². The first-order valence-electron chi connectivity index (χ1n) is 8.39. The maximum Gasteiger partial charge on any atom is 0.270 e. The number of amides is 2. The molecule has 0 radical (unpaired) electrons. The zero-order valence-electron chi connectivity index (χ0n) is 14.3. The van der Waals surface area contributed by atoms with Crippen LogP contribution in [0.25, 0.3) is 0 Å². The molecule has 8 nitrogen and oxygen atoms in total. The van der Waals surface area contributed by atoms with Crippen LogP contribution in [0.2, 0.25) is 0 Å². The Morgan fingerprint density at radius 3 is 3.00 bits per heavy atom. The number of rotatable bonds is 4. The zero-order valence-corrected chi connectivity index (χ0v) is 15.1. The van der Waals surface area contributed by atoms with Crippen LogP contribution >= 0.6 is 11.3 Å². The molecule has 138 valence electrons. The van der Waals surface area contributed by atoms with Crippen molar-refractivity contribution in [3.63, 3.8) is 0 Å². The van der Waals surface area contributed by atoms with Crippen molar-refractivity contribution in [2.75, 3.05) is 13.1 Å². The lowest BCUT2D eigenvalue weighted by Crippen LogP contribution is -2.45. The van der Waals surface area contributed by atoms with E-state index in [1.54, 1.807) is 34.1 Å². The van der Waals surface area contributed by atoms with Crippen molar-refractivity contribution in [3.8, 4) is 5.75 Å². The first kappa shape index (κ1) is 17.2. The summed E-state index contributed by atoms with van der Waals surface area (Å²) in [6.07, 6.45) is 1.69. The highest BCUT2D eigenvalue weighted by Crippen LogP contribution is 2.23. The van der Waals surface area contributed by atoms with Crippen LogP contribution in [0.4, 0.5) is 0 Å². The van der Waals surface area contributed by atoms with Crippen LogP contribution in [0.15, 0.2) is 47.4 Å². The number of benzene rings is 1. The zero-order chi connectivity index (χ0) is 18.8. The average molecular weight is 383 g/mol. The van der Waals surface area contributed by atoms with Crippen molar-refractivity contribution in [1.29, 1.82) is 0 Å². The van der Waals surface area contributed by atoms with E-state index in [0.717, 1.165) is 5.69 Å². The van der Waals surface area contributed by atoms with Gasteiger partial charge < -0.3 is 15.3 Å². The van der Waals surface area contributed by atoms with Crippen LogP contribution in [0.1, 0.15) is 32.6 Å². The fourth-order valence-corrected chi connectivity index (χ4v) is 3.67. The molecule has 0 saturated carbocycles. The Hall–Kier alpha value is -3.20. The maximum atomic E-state index is 12.8. The van der Waals surface area contributed by atoms with Gasteiger partial charge in [-0.1, -0.05) is 6.07 Å². The van der Waals surface area contributed by atoms with Crippen molar-refractivity contribution in [1.82, 2.24) is 25.0 Å². The first-order chi connectivity index (χ1) is 13.1. The van der Waals surface area contributed by atoms with Crippen molar-refractivity contribution in [2.45, 2.75) is 12.6 Å². The van der Waals surface area contributed by atoms with Gasteiger partial charge in [0.25, 0.3) is 11.8 Å². The summed E-state index contributed by atoms with van der Waals surface area (Å²) in [7, 11) is 0. The molecule has 3 aromatic rings. The Labute approximate surface area is 159 Å². The molecule has 0 spiro atoms. The fraction of sp³-hybridized carbons (Fsp3) is 0.222. The fourth-order valence-electron chi connectivity index (χ4n) is 3.14. The third kappa shape index (κ3) is 3.54. The number of carbonyl (C=O) groups is 2. The standard InChI is InChI=1S/C18H17N5O3S/c24-15-3-1-2-12(6-15)18(26)22-8-13-4-5-21-23(13)14(9-22)7-19-17(25)16-10-27-11-20-16/h1-6,10-11,14,24H,7-9H2,(H,19,25). The van der Waals surface area contributed by atoms with Crippen LogP contribution in [0.5, 0.6) is 5.75 Å². The Kier molecular flexibility index (Phi) is 4.59. The molecule has 1 aliphatic heterocycles. The van der Waals surface area contributed by atoms with Gasteiger partial charge in [0.15, 0.2) is 0 Å². The van der Waals surface area contributed by atoms with Crippen molar-refractivity contribution < 1.29 is 14.7 Å². The predicted octanol–water partition coefficient (Wildman–Crippen LogP) is 1.67. The molecule has 27 heavy (non-hydrogen) atoms. The van der Waals surface area contributed by atoms with Gasteiger partial charge in [-0.2, -0.15) is 5.10 Å². The number of nitrogens with one attached hydrogen (secondary N) is 1. The number of phenols is 1. The minimum Gasteiger partial charge on any atom is -0.508 e. The van der Waals surface area contributed by atoms with E-state index in [4.69, 9.17) is 0 Å². The average Bonchev–Trinajstić information content (AvgIpc) is 3.36. The minimum atomic E-state index is -0.249. The van der Waals surface area contributed by atoms with Gasteiger partial charge in [-0.15, -0.1) is 11.3 Å². The molecule has 0 fully saturated rings. The maximum absolute atomic E-state index is 12.8. The van der Waals surface area contributed by atoms with E-state index in [-0.39, 0.29) is 23.6 Å². The number of aromatic nitrogens is 3. The van der Waals surface area contributed by atoms with Gasteiger partial charge in [0.2, 0.25) is 0 Å². The topological polar surface area (TPSA) is 100 Å². The van der Waals surface area contributed by atoms with Gasteiger partial charge in [0.05, 0.1) is 23.8 Å². The lowest BCUT2D eigenvalue weighted by Gasteiger charge is -2.34. The molecule has 1 unspecified atom stereocenters. The Morgan fingerprint density at radius 1 is 1.33 bits per heavy atom. The van der Waals surface area contributed by atoms with Crippen molar-refractivity contribution in [3.05, 3.63) is 64.4 Å². The summed E-state index contributed by atoms with van der Waals surface area (Å²) in [5, 5.41) is 18.5. The minimum absolute atomic E-state index is 0.0509. The molecule has 1 atom stereocenters. The van der Waals surface area contributed by atoms with E-state index in [2.05, 4.69) is 15.4 Å². The number of fused-ring (bicyclic) bond motifs is 1. The molecule has 9 heteroatoms. The number of phenolic OH excluding ortho intramolecular Hbond substituents is 1. The predicted molar refractivity (Wildman–Crippen MR) is 98.6 cm³/mol. The van der Waals surface area contributed by atoms with Gasteiger partial charge in [0.1, 0.15) is 11.4 Å². The summed E-state index contributed by atoms with van der Waals surface area (Å²) in [6.45, 7) is 1.15. The largest absolute Gasteiger partial charge is 0.508 e. The number of hydrogen-bond acceptors (Lipinski definition) is 6. The van der Waals surface area contributed by atoms with E-state index in [0.29, 0.717) is 30.9 Å². The first-order valence-corrected chi connectivity index (χ1v) is 9.33. The van der Waals surface area contributed by atoms with Crippen LogP contribution in [-0.2, 0) is 6.54 Å². The number of aromatic hydroxyl groups is 1. The van der Waals surface area contributed by atoms with Crippen molar-refractivity contribution >= 4 is 23.2 Å².